The molecule has 0 amide bonds. The molecule has 0 saturated carbocycles. The Labute approximate surface area is 292 Å². The highest BCUT2D eigenvalue weighted by molar-refractivity contribution is 5.98. The molecule has 0 saturated heterocycles. The van der Waals surface area contributed by atoms with E-state index in [4.69, 9.17) is 10.2 Å². The van der Waals surface area contributed by atoms with E-state index in [-0.39, 0.29) is 6.04 Å². The van der Waals surface area contributed by atoms with Crippen molar-refractivity contribution < 1.29 is 4.42 Å². The van der Waals surface area contributed by atoms with Gasteiger partial charge in [-0.2, -0.15) is 0 Å². The molecule has 2 N–H and O–H groups in total. The average Bonchev–Trinajstić information content (AvgIpc) is 3.67. The quantitative estimate of drug-likeness (QED) is 0.183. The molecule has 9 rings (SSSR count). The number of nitrogens with two attached hydrogens (primary N) is 1. The summed E-state index contributed by atoms with van der Waals surface area (Å²) in [6.45, 7) is 5.37. The van der Waals surface area contributed by atoms with Crippen LogP contribution < -0.4 is 26.1 Å². The summed E-state index contributed by atoms with van der Waals surface area (Å²) in [6.07, 6.45) is 6.40. The van der Waals surface area contributed by atoms with Crippen molar-refractivity contribution in [1.29, 1.82) is 0 Å². The molecule has 1 atom stereocenters. The monoisotopic (exact) mass is 650 g/mol. The fourth-order valence-corrected chi connectivity index (χ4v) is 7.99. The van der Waals surface area contributed by atoms with E-state index in [9.17, 15) is 0 Å². The molecule has 5 aromatic carbocycles. The predicted molar refractivity (Wildman–Crippen MR) is 208 cm³/mol. The predicted octanol–water partition coefficient (Wildman–Crippen LogP) is 8.84. The highest BCUT2D eigenvalue weighted by atomic mass is 16.3. The molecule has 2 aromatic heterocycles. The summed E-state index contributed by atoms with van der Waals surface area (Å²) in [5, 5.41) is 3.45. The Bertz CT molecular complexity index is 2530. The van der Waals surface area contributed by atoms with E-state index < -0.39 is 0 Å². The molecule has 0 fully saturated rings. The molecule has 244 valence electrons. The van der Waals surface area contributed by atoms with Crippen LogP contribution in [0, 0.1) is 0 Å². The zero-order chi connectivity index (χ0) is 33.8. The molecule has 0 radical (unpaired) electrons. The van der Waals surface area contributed by atoms with Crippen molar-refractivity contribution in [1.82, 2.24) is 4.57 Å². The van der Waals surface area contributed by atoms with Crippen LogP contribution in [-0.4, -0.2) is 11.6 Å². The van der Waals surface area contributed by atoms with Crippen molar-refractivity contribution in [2.75, 3.05) is 22.6 Å². The van der Waals surface area contributed by atoms with Crippen LogP contribution in [0.5, 0.6) is 0 Å². The first-order valence-corrected chi connectivity index (χ1v) is 17.3. The Balaban J connectivity index is 1.35. The van der Waals surface area contributed by atoms with Crippen molar-refractivity contribution in [3.05, 3.63) is 173 Å². The second-order valence-electron chi connectivity index (χ2n) is 13.3. The van der Waals surface area contributed by atoms with Crippen LogP contribution in [-0.2, 0) is 19.4 Å². The molecular formula is C45H38N4O. The van der Waals surface area contributed by atoms with E-state index in [1.165, 1.54) is 22.2 Å². The van der Waals surface area contributed by atoms with Crippen molar-refractivity contribution >= 4 is 51.6 Å². The highest BCUT2D eigenvalue weighted by Crippen LogP contribution is 2.41. The molecule has 3 heterocycles. The third-order valence-electron chi connectivity index (χ3n) is 10.4. The normalized spacial score (nSPS) is 15.3. The lowest BCUT2D eigenvalue weighted by atomic mass is 9.92. The van der Waals surface area contributed by atoms with E-state index in [0.29, 0.717) is 6.54 Å². The van der Waals surface area contributed by atoms with Crippen LogP contribution in [0.15, 0.2) is 144 Å². The first kappa shape index (κ1) is 29.9. The maximum absolute atomic E-state index is 6.79. The largest absolute Gasteiger partial charge is 0.456 e. The Morgan fingerprint density at radius 2 is 1.50 bits per heavy atom. The van der Waals surface area contributed by atoms with Gasteiger partial charge in [0.15, 0.2) is 0 Å². The number of hydrogen-bond acceptors (Lipinski definition) is 4. The van der Waals surface area contributed by atoms with E-state index in [2.05, 4.69) is 162 Å². The second-order valence-corrected chi connectivity index (χ2v) is 13.3. The van der Waals surface area contributed by atoms with Gasteiger partial charge in [-0.25, -0.2) is 0 Å². The number of nitrogens with zero attached hydrogens (tertiary/aromatic N) is 3. The molecule has 1 aliphatic carbocycles. The summed E-state index contributed by atoms with van der Waals surface area (Å²) in [6, 6.07) is 46.5. The van der Waals surface area contributed by atoms with Crippen LogP contribution >= 0.6 is 0 Å². The van der Waals surface area contributed by atoms with Crippen LogP contribution in [0.2, 0.25) is 0 Å². The van der Waals surface area contributed by atoms with Crippen LogP contribution in [0.4, 0.5) is 22.7 Å². The number of furan rings is 1. The van der Waals surface area contributed by atoms with Gasteiger partial charge in [-0.15, -0.1) is 0 Å². The minimum atomic E-state index is -0.0157. The van der Waals surface area contributed by atoms with Gasteiger partial charge < -0.3 is 24.5 Å². The van der Waals surface area contributed by atoms with Gasteiger partial charge in [-0.05, 0) is 66.5 Å². The Morgan fingerprint density at radius 3 is 2.32 bits per heavy atom. The van der Waals surface area contributed by atoms with Gasteiger partial charge in [0.25, 0.3) is 0 Å². The molecule has 50 heavy (non-hydrogen) atoms. The average molecular weight is 651 g/mol. The van der Waals surface area contributed by atoms with E-state index in [1.54, 1.807) is 0 Å². The molecular weight excluding hydrogens is 613 g/mol. The molecule has 5 nitrogen and oxygen atoms in total. The number of fused-ring (bicyclic) bond motifs is 8. The fraction of sp³-hybridized carbons (Fsp3) is 0.111. The zero-order valence-electron chi connectivity index (χ0n) is 28.1. The van der Waals surface area contributed by atoms with Crippen molar-refractivity contribution in [3.8, 4) is 11.3 Å². The Morgan fingerprint density at radius 1 is 0.800 bits per heavy atom. The van der Waals surface area contributed by atoms with Gasteiger partial charge in [0.2, 0.25) is 0 Å². The number of benzene rings is 5. The van der Waals surface area contributed by atoms with Gasteiger partial charge in [0.1, 0.15) is 11.3 Å². The maximum atomic E-state index is 6.79. The Hall–Kier alpha value is -6.20. The first-order chi connectivity index (χ1) is 24.6. The number of likely N-dealkylation sites (N-methyl/N-ethyl adjacent to an activating group) is 1. The second kappa shape index (κ2) is 12.0. The van der Waals surface area contributed by atoms with Gasteiger partial charge in [0, 0.05) is 58.5 Å². The van der Waals surface area contributed by atoms with Crippen molar-refractivity contribution in [3.63, 3.8) is 0 Å². The summed E-state index contributed by atoms with van der Waals surface area (Å²) in [5.74, 6) is 0.969. The van der Waals surface area contributed by atoms with E-state index >= 15 is 0 Å². The molecule has 2 aliphatic rings. The lowest BCUT2D eigenvalue weighted by Gasteiger charge is -2.33. The molecule has 5 heteroatoms. The summed E-state index contributed by atoms with van der Waals surface area (Å²) < 4.78 is 9.33. The van der Waals surface area contributed by atoms with E-state index in [0.717, 1.165) is 74.2 Å². The number of para-hydroxylation sites is 5. The van der Waals surface area contributed by atoms with Gasteiger partial charge in [-0.1, -0.05) is 104 Å². The highest BCUT2D eigenvalue weighted by Gasteiger charge is 2.31. The molecule has 0 spiro atoms. The fourth-order valence-electron chi connectivity index (χ4n) is 7.99. The topological polar surface area (TPSA) is 50.6 Å². The van der Waals surface area contributed by atoms with E-state index in [1.807, 2.05) is 12.1 Å². The van der Waals surface area contributed by atoms with Gasteiger partial charge in [-0.3, -0.25) is 0 Å². The van der Waals surface area contributed by atoms with Crippen molar-refractivity contribution in [2.24, 2.45) is 0 Å². The minimum Gasteiger partial charge on any atom is -0.456 e. The number of nitrogen functional groups attached to an aromatic ring is 1. The number of rotatable bonds is 6. The molecule has 1 aliphatic heterocycles. The van der Waals surface area contributed by atoms with Gasteiger partial charge >= 0.3 is 0 Å². The lowest BCUT2D eigenvalue weighted by molar-refractivity contribution is 0.525. The van der Waals surface area contributed by atoms with Crippen LogP contribution in [0.25, 0.3) is 40.1 Å². The number of hydrogen-bond donors (Lipinski definition) is 1. The third kappa shape index (κ3) is 4.85. The maximum Gasteiger partial charge on any atom is 0.141 e. The Kier molecular flexibility index (Phi) is 7.20. The third-order valence-corrected chi connectivity index (χ3v) is 10.4. The van der Waals surface area contributed by atoms with Gasteiger partial charge in [0.05, 0.1) is 28.5 Å². The SMILES string of the molecule is C=C1/C=c2/c3c(n(CC(c4ccccc4)N(C)c4ccccc4N)/c2=C/N(c2ccccc2)c2ccccc21)CCc1c-3oc2ccccc12. The number of allylic oxidation sites excluding steroid dienone is 1. The minimum absolute atomic E-state index is 0.0157. The van der Waals surface area contributed by atoms with Crippen molar-refractivity contribution in [2.45, 2.75) is 25.4 Å². The number of aromatic nitrogens is 1. The number of aryl methyl sites for hydroxylation is 1. The zero-order valence-corrected chi connectivity index (χ0v) is 28.1. The molecule has 0 bridgehead atoms. The van der Waals surface area contributed by atoms with Crippen LogP contribution in [0.1, 0.15) is 28.4 Å². The summed E-state index contributed by atoms with van der Waals surface area (Å²) in [4.78, 5) is 4.65. The molecule has 7 aromatic rings. The lowest BCUT2D eigenvalue weighted by Crippen LogP contribution is -2.38. The summed E-state index contributed by atoms with van der Waals surface area (Å²) in [5.41, 5.74) is 18.5. The standard InChI is InChI=1S/C45H38N4O/c1-30-27-36-42(29-48(32-17-7-4-8-18-32)38-22-12-9-19-33(30)38)49(40-26-25-35-34-20-10-14-24-43(34)50-45(35)44(36)40)28-41(31-15-5-3-6-16-31)47(2)39-23-13-11-21-37(39)46/h3-24,27,29,41H,1,25-26,28,46H2,2H3/b36-27+,42-29+. The summed E-state index contributed by atoms with van der Waals surface area (Å²) >= 11 is 0. The summed E-state index contributed by atoms with van der Waals surface area (Å²) in [7, 11) is 2.16. The number of anilines is 4. The molecule has 1 unspecified atom stereocenters. The first-order valence-electron chi connectivity index (χ1n) is 17.3. The van der Waals surface area contributed by atoms with Crippen LogP contribution in [0.3, 0.4) is 0 Å². The smallest absolute Gasteiger partial charge is 0.141 e.